The van der Waals surface area contributed by atoms with Gasteiger partial charge in [0.2, 0.25) is 0 Å². The van der Waals surface area contributed by atoms with E-state index in [0.29, 0.717) is 6.61 Å². The monoisotopic (exact) mass is 242 g/mol. The Balaban J connectivity index is 1.91. The summed E-state index contributed by atoms with van der Waals surface area (Å²) in [6, 6.07) is 6.08. The van der Waals surface area contributed by atoms with E-state index in [1.54, 1.807) is 18.6 Å². The summed E-state index contributed by atoms with van der Waals surface area (Å²) >= 11 is 0. The standard InChI is InChI=1S/C14H14N2O2/c1-10-2-3-12(13-7-15-4-5-16-13)14(6-10)18-9-11-8-17-11/h2-7,11H,8-9H2,1H3/t11-/m0/s1. The topological polar surface area (TPSA) is 47.5 Å². The zero-order valence-corrected chi connectivity index (χ0v) is 10.2. The molecule has 1 aliphatic heterocycles. The Bertz CT molecular complexity index is 539. The van der Waals surface area contributed by atoms with Gasteiger partial charge in [0.1, 0.15) is 18.5 Å². The van der Waals surface area contributed by atoms with Gasteiger partial charge in [-0.2, -0.15) is 0 Å². The summed E-state index contributed by atoms with van der Waals surface area (Å²) in [5, 5.41) is 0. The Kier molecular flexibility index (Phi) is 2.94. The van der Waals surface area contributed by atoms with Gasteiger partial charge >= 0.3 is 0 Å². The van der Waals surface area contributed by atoms with Gasteiger partial charge in [-0.05, 0) is 24.6 Å². The molecule has 0 saturated carbocycles. The van der Waals surface area contributed by atoms with Crippen molar-refractivity contribution in [3.8, 4) is 17.0 Å². The average Bonchev–Trinajstić information content (AvgIpc) is 3.21. The molecule has 0 unspecified atom stereocenters. The summed E-state index contributed by atoms with van der Waals surface area (Å²) in [5.41, 5.74) is 2.95. The van der Waals surface area contributed by atoms with Gasteiger partial charge in [-0.15, -0.1) is 0 Å². The fraction of sp³-hybridized carbons (Fsp3) is 0.286. The second-order valence-electron chi connectivity index (χ2n) is 4.36. The molecule has 1 aromatic carbocycles. The van der Waals surface area contributed by atoms with Gasteiger partial charge in [0, 0.05) is 18.0 Å². The first-order chi connectivity index (χ1) is 8.83. The third-order valence-electron chi connectivity index (χ3n) is 2.80. The molecule has 18 heavy (non-hydrogen) atoms. The quantitative estimate of drug-likeness (QED) is 0.771. The molecular formula is C14H14N2O2. The number of hydrogen-bond acceptors (Lipinski definition) is 4. The van der Waals surface area contributed by atoms with Gasteiger partial charge in [0.15, 0.2) is 0 Å². The van der Waals surface area contributed by atoms with Gasteiger partial charge in [-0.3, -0.25) is 9.97 Å². The zero-order valence-electron chi connectivity index (χ0n) is 10.2. The SMILES string of the molecule is Cc1ccc(-c2cnccn2)c(OC[C@@H]2CO2)c1. The molecule has 92 valence electrons. The van der Waals surface area contributed by atoms with Crippen LogP contribution in [0.15, 0.2) is 36.8 Å². The zero-order chi connectivity index (χ0) is 12.4. The van der Waals surface area contributed by atoms with Crippen molar-refractivity contribution in [3.63, 3.8) is 0 Å². The lowest BCUT2D eigenvalue weighted by atomic mass is 10.1. The summed E-state index contributed by atoms with van der Waals surface area (Å²) in [6.45, 7) is 3.43. The van der Waals surface area contributed by atoms with Crippen LogP contribution in [0.4, 0.5) is 0 Å². The lowest BCUT2D eigenvalue weighted by Gasteiger charge is -2.11. The van der Waals surface area contributed by atoms with Crippen molar-refractivity contribution < 1.29 is 9.47 Å². The van der Waals surface area contributed by atoms with Crippen molar-refractivity contribution in [2.75, 3.05) is 13.2 Å². The third-order valence-corrected chi connectivity index (χ3v) is 2.80. The van der Waals surface area contributed by atoms with Crippen LogP contribution in [0.25, 0.3) is 11.3 Å². The first-order valence-corrected chi connectivity index (χ1v) is 5.94. The van der Waals surface area contributed by atoms with Gasteiger partial charge in [-0.1, -0.05) is 6.07 Å². The van der Waals surface area contributed by atoms with E-state index in [9.17, 15) is 0 Å². The molecule has 0 N–H and O–H groups in total. The molecule has 4 nitrogen and oxygen atoms in total. The van der Waals surface area contributed by atoms with E-state index in [0.717, 1.165) is 29.2 Å². The molecule has 1 aromatic heterocycles. The van der Waals surface area contributed by atoms with Crippen LogP contribution in [0.3, 0.4) is 0 Å². The van der Waals surface area contributed by atoms with E-state index in [4.69, 9.17) is 9.47 Å². The van der Waals surface area contributed by atoms with Crippen LogP contribution in [-0.4, -0.2) is 29.3 Å². The maximum atomic E-state index is 5.80. The van der Waals surface area contributed by atoms with Crippen molar-refractivity contribution in [1.29, 1.82) is 0 Å². The van der Waals surface area contributed by atoms with Crippen molar-refractivity contribution in [2.45, 2.75) is 13.0 Å². The molecule has 4 heteroatoms. The predicted octanol–water partition coefficient (Wildman–Crippen LogP) is 2.23. The number of ether oxygens (including phenoxy) is 2. The van der Waals surface area contributed by atoms with Crippen LogP contribution in [0.1, 0.15) is 5.56 Å². The van der Waals surface area contributed by atoms with Crippen molar-refractivity contribution in [2.24, 2.45) is 0 Å². The molecule has 0 amide bonds. The molecule has 1 aliphatic rings. The average molecular weight is 242 g/mol. The summed E-state index contributed by atoms with van der Waals surface area (Å²) < 4.78 is 11.0. The number of rotatable bonds is 4. The molecule has 1 fully saturated rings. The largest absolute Gasteiger partial charge is 0.490 e. The highest BCUT2D eigenvalue weighted by atomic mass is 16.6. The summed E-state index contributed by atoms with van der Waals surface area (Å²) in [7, 11) is 0. The molecule has 0 aliphatic carbocycles. The minimum atomic E-state index is 0.250. The predicted molar refractivity (Wildman–Crippen MR) is 67.4 cm³/mol. The lowest BCUT2D eigenvalue weighted by Crippen LogP contribution is -2.05. The maximum absolute atomic E-state index is 5.80. The molecule has 0 bridgehead atoms. The molecular weight excluding hydrogens is 228 g/mol. The van der Waals surface area contributed by atoms with E-state index in [-0.39, 0.29) is 6.10 Å². The fourth-order valence-electron chi connectivity index (χ4n) is 1.75. The molecule has 2 heterocycles. The Morgan fingerprint density at radius 2 is 2.28 bits per heavy atom. The van der Waals surface area contributed by atoms with Crippen LogP contribution in [0, 0.1) is 6.92 Å². The lowest BCUT2D eigenvalue weighted by molar-refractivity contribution is 0.263. The Morgan fingerprint density at radius 3 is 3.00 bits per heavy atom. The molecule has 0 radical (unpaired) electrons. The minimum Gasteiger partial charge on any atom is -0.490 e. The summed E-state index contributed by atoms with van der Waals surface area (Å²) in [6.07, 6.45) is 5.34. The fourth-order valence-corrected chi connectivity index (χ4v) is 1.75. The van der Waals surface area contributed by atoms with Crippen LogP contribution < -0.4 is 4.74 Å². The van der Waals surface area contributed by atoms with Gasteiger partial charge < -0.3 is 9.47 Å². The number of aryl methyl sites for hydroxylation is 1. The normalized spacial score (nSPS) is 17.5. The van der Waals surface area contributed by atoms with E-state index in [2.05, 4.69) is 9.97 Å². The van der Waals surface area contributed by atoms with E-state index < -0.39 is 0 Å². The third kappa shape index (κ3) is 2.49. The van der Waals surface area contributed by atoms with Crippen molar-refractivity contribution in [1.82, 2.24) is 9.97 Å². The smallest absolute Gasteiger partial charge is 0.129 e. The van der Waals surface area contributed by atoms with Crippen molar-refractivity contribution >= 4 is 0 Å². The number of epoxide rings is 1. The second-order valence-corrected chi connectivity index (χ2v) is 4.36. The van der Waals surface area contributed by atoms with Crippen LogP contribution in [0.2, 0.25) is 0 Å². The number of hydrogen-bond donors (Lipinski definition) is 0. The highest BCUT2D eigenvalue weighted by molar-refractivity contribution is 5.66. The Hall–Kier alpha value is -1.94. The van der Waals surface area contributed by atoms with Gasteiger partial charge in [-0.25, -0.2) is 0 Å². The molecule has 1 saturated heterocycles. The first kappa shape index (κ1) is 11.2. The summed E-state index contributed by atoms with van der Waals surface area (Å²) in [5.74, 6) is 0.839. The van der Waals surface area contributed by atoms with E-state index in [1.165, 1.54) is 0 Å². The minimum absolute atomic E-state index is 0.250. The summed E-state index contributed by atoms with van der Waals surface area (Å²) in [4.78, 5) is 8.40. The Labute approximate surface area is 106 Å². The van der Waals surface area contributed by atoms with E-state index >= 15 is 0 Å². The maximum Gasteiger partial charge on any atom is 0.129 e. The number of nitrogens with zero attached hydrogens (tertiary/aromatic N) is 2. The van der Waals surface area contributed by atoms with Crippen LogP contribution in [0.5, 0.6) is 5.75 Å². The van der Waals surface area contributed by atoms with Crippen LogP contribution >= 0.6 is 0 Å². The molecule has 3 rings (SSSR count). The molecule has 2 aromatic rings. The highest BCUT2D eigenvalue weighted by Crippen LogP contribution is 2.29. The number of benzene rings is 1. The van der Waals surface area contributed by atoms with Crippen LogP contribution in [-0.2, 0) is 4.74 Å². The van der Waals surface area contributed by atoms with Gasteiger partial charge in [0.05, 0.1) is 18.5 Å². The second kappa shape index (κ2) is 4.74. The molecule has 0 spiro atoms. The van der Waals surface area contributed by atoms with E-state index in [1.807, 2.05) is 25.1 Å². The van der Waals surface area contributed by atoms with Crippen molar-refractivity contribution in [3.05, 3.63) is 42.4 Å². The van der Waals surface area contributed by atoms with Gasteiger partial charge in [0.25, 0.3) is 0 Å². The first-order valence-electron chi connectivity index (χ1n) is 5.94. The molecule has 1 atom stereocenters. The Morgan fingerprint density at radius 1 is 1.39 bits per heavy atom. The highest BCUT2D eigenvalue weighted by Gasteiger charge is 2.23. The number of aromatic nitrogens is 2.